The summed E-state index contributed by atoms with van der Waals surface area (Å²) in [4.78, 5) is 35.5. The number of carboxylic acid groups (broad SMARTS) is 1. The van der Waals surface area contributed by atoms with Crippen molar-refractivity contribution in [2.75, 3.05) is 19.0 Å². The second-order valence-electron chi connectivity index (χ2n) is 6.14. The molecule has 0 aromatic heterocycles. The zero-order chi connectivity index (χ0) is 21.2. The van der Waals surface area contributed by atoms with Gasteiger partial charge in [-0.15, -0.1) is 0 Å². The van der Waals surface area contributed by atoms with Crippen molar-refractivity contribution in [2.45, 2.75) is 18.9 Å². The number of ether oxygens (including phenoxy) is 1. The van der Waals surface area contributed by atoms with Crippen LogP contribution in [-0.2, 0) is 16.0 Å². The third kappa shape index (κ3) is 7.71. The van der Waals surface area contributed by atoms with Crippen LogP contribution in [0.25, 0.3) is 0 Å². The van der Waals surface area contributed by atoms with E-state index in [0.717, 1.165) is 5.56 Å². The molecule has 0 aliphatic heterocycles. The summed E-state index contributed by atoms with van der Waals surface area (Å²) in [5, 5.41) is 17.0. The Balaban J connectivity index is 2.05. The topological polar surface area (TPSA) is 117 Å². The van der Waals surface area contributed by atoms with Gasteiger partial charge in [0.2, 0.25) is 5.91 Å². The summed E-state index contributed by atoms with van der Waals surface area (Å²) >= 11 is 5.82. The van der Waals surface area contributed by atoms with E-state index < -0.39 is 23.9 Å². The zero-order valence-electron chi connectivity index (χ0n) is 15.8. The number of rotatable bonds is 9. The van der Waals surface area contributed by atoms with Gasteiger partial charge in [-0.3, -0.25) is 9.59 Å². The first-order valence-electron chi connectivity index (χ1n) is 8.83. The third-order valence-electron chi connectivity index (χ3n) is 3.96. The fourth-order valence-corrected chi connectivity index (χ4v) is 2.61. The van der Waals surface area contributed by atoms with Gasteiger partial charge in [0, 0.05) is 23.7 Å². The number of nitrogens with one attached hydrogen (secondary N) is 3. The van der Waals surface area contributed by atoms with Crippen LogP contribution in [0.15, 0.2) is 48.5 Å². The molecule has 0 saturated heterocycles. The van der Waals surface area contributed by atoms with Crippen LogP contribution >= 0.6 is 11.6 Å². The van der Waals surface area contributed by atoms with Crippen LogP contribution < -0.4 is 20.7 Å². The maximum Gasteiger partial charge on any atom is 0.319 e. The van der Waals surface area contributed by atoms with Gasteiger partial charge < -0.3 is 25.8 Å². The Hall–Kier alpha value is -3.26. The normalized spacial score (nSPS) is 11.2. The van der Waals surface area contributed by atoms with Crippen molar-refractivity contribution in [3.05, 3.63) is 59.1 Å². The minimum absolute atomic E-state index is 0.0340. The molecule has 0 spiro atoms. The summed E-state index contributed by atoms with van der Waals surface area (Å²) in [5.41, 5.74) is 1.32. The Morgan fingerprint density at radius 3 is 2.31 bits per heavy atom. The lowest BCUT2D eigenvalue weighted by Gasteiger charge is -2.19. The van der Waals surface area contributed by atoms with E-state index in [4.69, 9.17) is 21.4 Å². The quantitative estimate of drug-likeness (QED) is 0.498. The first kappa shape index (κ1) is 22.0. The lowest BCUT2D eigenvalue weighted by molar-refractivity contribution is -0.137. The molecule has 29 heavy (non-hydrogen) atoms. The van der Waals surface area contributed by atoms with Gasteiger partial charge in [0.05, 0.1) is 13.5 Å². The minimum Gasteiger partial charge on any atom is -0.497 e. The number of carbonyl (C=O) groups excluding carboxylic acids is 2. The highest BCUT2D eigenvalue weighted by atomic mass is 35.5. The van der Waals surface area contributed by atoms with Crippen LogP contribution in [0.5, 0.6) is 5.75 Å². The van der Waals surface area contributed by atoms with Crippen LogP contribution in [0, 0.1) is 0 Å². The molecule has 0 radical (unpaired) electrons. The number of halogens is 1. The van der Waals surface area contributed by atoms with Gasteiger partial charge in [0.15, 0.2) is 0 Å². The lowest BCUT2D eigenvalue weighted by atomic mass is 10.0. The van der Waals surface area contributed by atoms with E-state index in [2.05, 4.69) is 16.0 Å². The van der Waals surface area contributed by atoms with E-state index in [-0.39, 0.29) is 19.4 Å². The standard InChI is InChI=1S/C20H22ClN3O5/c1-29-16-8-2-13(3-9-16)12-17(19(27)22-11-10-18(25)26)24-20(28)23-15-6-4-14(21)5-7-15/h2-9,17H,10-12H2,1H3,(H,22,27)(H,25,26)(H2,23,24,28). The van der Waals surface area contributed by atoms with Gasteiger partial charge in [-0.05, 0) is 42.0 Å². The van der Waals surface area contributed by atoms with E-state index in [1.54, 1.807) is 55.6 Å². The second-order valence-corrected chi connectivity index (χ2v) is 6.58. The first-order valence-corrected chi connectivity index (χ1v) is 9.20. The van der Waals surface area contributed by atoms with Crippen molar-refractivity contribution >= 4 is 35.2 Å². The number of anilines is 1. The number of hydrogen-bond donors (Lipinski definition) is 4. The van der Waals surface area contributed by atoms with Crippen LogP contribution in [0.2, 0.25) is 5.02 Å². The van der Waals surface area contributed by atoms with Crippen molar-refractivity contribution in [1.82, 2.24) is 10.6 Å². The van der Waals surface area contributed by atoms with Gasteiger partial charge in [0.25, 0.3) is 0 Å². The molecular weight excluding hydrogens is 398 g/mol. The molecular formula is C20H22ClN3O5. The molecule has 2 aromatic rings. The van der Waals surface area contributed by atoms with E-state index in [1.807, 2.05) is 0 Å². The number of urea groups is 1. The van der Waals surface area contributed by atoms with Crippen LogP contribution in [0.4, 0.5) is 10.5 Å². The Kier molecular flexibility index (Phi) is 8.29. The summed E-state index contributed by atoms with van der Waals surface area (Å²) in [5.74, 6) is -0.830. The Bertz CT molecular complexity index is 840. The summed E-state index contributed by atoms with van der Waals surface area (Å²) in [6.45, 7) is -0.0340. The highest BCUT2D eigenvalue weighted by molar-refractivity contribution is 6.30. The third-order valence-corrected chi connectivity index (χ3v) is 4.21. The Morgan fingerprint density at radius 2 is 1.72 bits per heavy atom. The number of carbonyl (C=O) groups is 3. The molecule has 3 amide bonds. The highest BCUT2D eigenvalue weighted by Crippen LogP contribution is 2.14. The molecule has 2 aromatic carbocycles. The van der Waals surface area contributed by atoms with Gasteiger partial charge in [-0.2, -0.15) is 0 Å². The number of benzene rings is 2. The summed E-state index contributed by atoms with van der Waals surface area (Å²) in [6, 6.07) is 12.1. The Morgan fingerprint density at radius 1 is 1.07 bits per heavy atom. The largest absolute Gasteiger partial charge is 0.497 e. The molecule has 0 heterocycles. The summed E-state index contributed by atoms with van der Waals surface area (Å²) in [7, 11) is 1.55. The fourth-order valence-electron chi connectivity index (χ4n) is 2.48. The highest BCUT2D eigenvalue weighted by Gasteiger charge is 2.21. The van der Waals surface area contributed by atoms with Crippen LogP contribution in [0.1, 0.15) is 12.0 Å². The molecule has 154 valence electrons. The molecule has 8 nitrogen and oxygen atoms in total. The molecule has 1 unspecified atom stereocenters. The molecule has 0 aliphatic rings. The van der Waals surface area contributed by atoms with Gasteiger partial charge in [-0.1, -0.05) is 23.7 Å². The van der Waals surface area contributed by atoms with Crippen molar-refractivity contribution in [3.63, 3.8) is 0 Å². The predicted octanol–water partition coefficient (Wildman–Crippen LogP) is 2.67. The monoisotopic (exact) mass is 419 g/mol. The second kappa shape index (κ2) is 10.9. The van der Waals surface area contributed by atoms with Crippen molar-refractivity contribution < 1.29 is 24.2 Å². The lowest BCUT2D eigenvalue weighted by Crippen LogP contribution is -2.49. The van der Waals surface area contributed by atoms with Crippen LogP contribution in [0.3, 0.4) is 0 Å². The average molecular weight is 420 g/mol. The predicted molar refractivity (Wildman–Crippen MR) is 109 cm³/mol. The minimum atomic E-state index is -1.02. The first-order chi connectivity index (χ1) is 13.9. The van der Waals surface area contributed by atoms with Gasteiger partial charge >= 0.3 is 12.0 Å². The molecule has 0 bridgehead atoms. The van der Waals surface area contributed by atoms with Gasteiger partial charge in [0.1, 0.15) is 11.8 Å². The fraction of sp³-hybridized carbons (Fsp3) is 0.250. The Labute approximate surface area is 173 Å². The van der Waals surface area contributed by atoms with Crippen molar-refractivity contribution in [1.29, 1.82) is 0 Å². The summed E-state index contributed by atoms with van der Waals surface area (Å²) in [6.07, 6.45) is 0.00883. The summed E-state index contributed by atoms with van der Waals surface area (Å²) < 4.78 is 5.11. The molecule has 0 aliphatic carbocycles. The molecule has 1 atom stereocenters. The molecule has 9 heteroatoms. The maximum absolute atomic E-state index is 12.5. The van der Waals surface area contributed by atoms with E-state index in [1.165, 1.54) is 0 Å². The smallest absolute Gasteiger partial charge is 0.319 e. The number of carboxylic acids is 1. The number of amides is 3. The number of methoxy groups -OCH3 is 1. The molecule has 2 rings (SSSR count). The average Bonchev–Trinajstić information content (AvgIpc) is 2.69. The molecule has 0 saturated carbocycles. The maximum atomic E-state index is 12.5. The van der Waals surface area contributed by atoms with Gasteiger partial charge in [-0.25, -0.2) is 4.79 Å². The van der Waals surface area contributed by atoms with E-state index in [9.17, 15) is 14.4 Å². The molecule has 0 fully saturated rings. The zero-order valence-corrected chi connectivity index (χ0v) is 16.5. The number of hydrogen-bond acceptors (Lipinski definition) is 4. The SMILES string of the molecule is COc1ccc(CC(NC(=O)Nc2ccc(Cl)cc2)C(=O)NCCC(=O)O)cc1. The van der Waals surface area contributed by atoms with Crippen LogP contribution in [-0.4, -0.2) is 42.7 Å². The van der Waals surface area contributed by atoms with Crippen molar-refractivity contribution in [3.8, 4) is 5.75 Å². The van der Waals surface area contributed by atoms with Crippen molar-refractivity contribution in [2.24, 2.45) is 0 Å². The van der Waals surface area contributed by atoms with E-state index >= 15 is 0 Å². The molecule has 4 N–H and O–H groups in total. The van der Waals surface area contributed by atoms with E-state index in [0.29, 0.717) is 16.5 Å². The number of aliphatic carboxylic acids is 1.